The van der Waals surface area contributed by atoms with E-state index in [1.165, 1.54) is 16.9 Å². The van der Waals surface area contributed by atoms with Crippen LogP contribution < -0.4 is 5.73 Å². The maximum Gasteiger partial charge on any atom is 0.416 e. The number of aryl methyl sites for hydroxylation is 1. The number of H-pyrrole nitrogens is 2. The highest BCUT2D eigenvalue weighted by Gasteiger charge is 2.30. The van der Waals surface area contributed by atoms with Crippen LogP contribution in [0.25, 0.3) is 38.8 Å². The van der Waals surface area contributed by atoms with Crippen molar-refractivity contribution < 1.29 is 18.0 Å². The number of hydrogen-bond acceptors (Lipinski definition) is 4. The van der Waals surface area contributed by atoms with Crippen LogP contribution in [0, 0.1) is 6.92 Å². The number of nitrogen functional groups attached to an aromatic ring is 1. The van der Waals surface area contributed by atoms with Gasteiger partial charge in [-0.05, 0) is 60.5 Å². The molecule has 0 atom stereocenters. The number of ketones is 1. The summed E-state index contributed by atoms with van der Waals surface area (Å²) in [7, 11) is 0. The molecule has 0 unspecified atom stereocenters. The second-order valence-corrected chi connectivity index (χ2v) is 8.77. The molecule has 7 nitrogen and oxygen atoms in total. The van der Waals surface area contributed by atoms with Crippen LogP contribution in [0.15, 0.2) is 72.9 Å². The first-order valence-electron chi connectivity index (χ1n) is 11.3. The minimum Gasteiger partial charge on any atom is -0.383 e. The van der Waals surface area contributed by atoms with Crippen LogP contribution in [0.3, 0.4) is 0 Å². The number of hydrogen-bond donors (Lipinski definition) is 3. The van der Waals surface area contributed by atoms with Crippen molar-refractivity contribution in [2.75, 3.05) is 5.73 Å². The standard InChI is InChI=1S/C27H19F3N6O/c1-14-33-21-8-7-19(12-23(21)34-14)36-26(31)20(13-32-36)25(37)24-11-17-6-5-16(10-22(17)35-24)15-3-2-4-18(9-15)27(28,29)30/h2-13,35H,31H2,1H3,(H,33,34). The van der Waals surface area contributed by atoms with Crippen LogP contribution in [0.2, 0.25) is 0 Å². The van der Waals surface area contributed by atoms with Crippen molar-refractivity contribution in [3.8, 4) is 16.8 Å². The molecule has 3 aromatic carbocycles. The van der Waals surface area contributed by atoms with Crippen molar-refractivity contribution in [3.63, 3.8) is 0 Å². The molecule has 0 radical (unpaired) electrons. The number of nitrogens with zero attached hydrogens (tertiary/aromatic N) is 3. The topological polar surface area (TPSA) is 105 Å². The largest absolute Gasteiger partial charge is 0.416 e. The van der Waals surface area contributed by atoms with Gasteiger partial charge in [0.1, 0.15) is 11.6 Å². The average molecular weight is 500 g/mol. The second-order valence-electron chi connectivity index (χ2n) is 8.77. The number of nitrogens with one attached hydrogen (secondary N) is 2. The van der Waals surface area contributed by atoms with E-state index in [-0.39, 0.29) is 17.2 Å². The van der Waals surface area contributed by atoms with E-state index in [1.807, 2.05) is 25.1 Å². The predicted octanol–water partition coefficient (Wildman–Crippen LogP) is 6.04. The lowest BCUT2D eigenvalue weighted by Crippen LogP contribution is -2.07. The third kappa shape index (κ3) is 3.92. The van der Waals surface area contributed by atoms with E-state index in [4.69, 9.17) is 5.73 Å². The third-order valence-corrected chi connectivity index (χ3v) is 6.27. The SMILES string of the molecule is Cc1nc2ccc(-n3ncc(C(=O)c4cc5ccc(-c6cccc(C(F)(F)F)c6)cc5[nH]4)c3N)cc2[nH]1. The van der Waals surface area contributed by atoms with E-state index in [2.05, 4.69) is 20.1 Å². The Labute approximate surface area is 207 Å². The van der Waals surface area contributed by atoms with Gasteiger partial charge in [-0.25, -0.2) is 9.67 Å². The minimum atomic E-state index is -4.43. The Morgan fingerprint density at radius 2 is 1.76 bits per heavy atom. The summed E-state index contributed by atoms with van der Waals surface area (Å²) in [4.78, 5) is 23.9. The van der Waals surface area contributed by atoms with Crippen molar-refractivity contribution >= 4 is 33.5 Å². The van der Waals surface area contributed by atoms with Crippen molar-refractivity contribution in [1.82, 2.24) is 24.7 Å². The van der Waals surface area contributed by atoms with Crippen LogP contribution in [-0.4, -0.2) is 30.5 Å². The molecule has 0 aliphatic rings. The highest BCUT2D eigenvalue weighted by molar-refractivity contribution is 6.12. The molecule has 37 heavy (non-hydrogen) atoms. The van der Waals surface area contributed by atoms with Gasteiger partial charge in [0.05, 0.1) is 39.7 Å². The Morgan fingerprint density at radius 3 is 2.57 bits per heavy atom. The molecule has 0 saturated carbocycles. The zero-order chi connectivity index (χ0) is 25.9. The number of imidazole rings is 1. The number of aromatic nitrogens is 5. The van der Waals surface area contributed by atoms with E-state index >= 15 is 0 Å². The number of alkyl halides is 3. The van der Waals surface area contributed by atoms with Crippen LogP contribution >= 0.6 is 0 Å². The molecule has 0 aliphatic heterocycles. The Kier molecular flexibility index (Phi) is 4.94. The second kappa shape index (κ2) is 8.09. The van der Waals surface area contributed by atoms with Gasteiger partial charge in [-0.2, -0.15) is 18.3 Å². The summed E-state index contributed by atoms with van der Waals surface area (Å²) in [6.07, 6.45) is -3.01. The number of fused-ring (bicyclic) bond motifs is 2. The molecule has 4 N–H and O–H groups in total. The normalized spacial score (nSPS) is 12.0. The summed E-state index contributed by atoms with van der Waals surface area (Å²) >= 11 is 0. The number of aromatic amines is 2. The number of anilines is 1. The first-order valence-corrected chi connectivity index (χ1v) is 11.3. The molecule has 6 rings (SSSR count). The molecular weight excluding hydrogens is 481 g/mol. The smallest absolute Gasteiger partial charge is 0.383 e. The van der Waals surface area contributed by atoms with Gasteiger partial charge in [0, 0.05) is 10.9 Å². The lowest BCUT2D eigenvalue weighted by atomic mass is 10.0. The van der Waals surface area contributed by atoms with Gasteiger partial charge in [-0.1, -0.05) is 24.3 Å². The number of rotatable bonds is 4. The summed E-state index contributed by atoms with van der Waals surface area (Å²) in [5.74, 6) is 0.620. The van der Waals surface area contributed by atoms with Crippen molar-refractivity contribution in [2.24, 2.45) is 0 Å². The molecule has 0 bridgehead atoms. The molecule has 0 aliphatic carbocycles. The Morgan fingerprint density at radius 1 is 0.946 bits per heavy atom. The number of carbonyl (C=O) groups excluding carboxylic acids is 1. The van der Waals surface area contributed by atoms with Crippen LogP contribution in [0.5, 0.6) is 0 Å². The third-order valence-electron chi connectivity index (χ3n) is 6.27. The van der Waals surface area contributed by atoms with Crippen LogP contribution in [0.1, 0.15) is 27.4 Å². The average Bonchev–Trinajstić information content (AvgIpc) is 3.57. The van der Waals surface area contributed by atoms with Crippen LogP contribution in [0.4, 0.5) is 19.0 Å². The maximum atomic E-state index is 13.3. The molecule has 10 heteroatoms. The van der Waals surface area contributed by atoms with E-state index < -0.39 is 11.7 Å². The number of carbonyl (C=O) groups is 1. The monoisotopic (exact) mass is 500 g/mol. The van der Waals surface area contributed by atoms with E-state index in [9.17, 15) is 18.0 Å². The van der Waals surface area contributed by atoms with Gasteiger partial charge >= 0.3 is 6.18 Å². The van der Waals surface area contributed by atoms with E-state index in [0.717, 1.165) is 34.4 Å². The summed E-state index contributed by atoms with van der Waals surface area (Å²) in [5, 5.41) is 5.05. The fourth-order valence-electron chi connectivity index (χ4n) is 4.44. The number of benzene rings is 3. The zero-order valence-electron chi connectivity index (χ0n) is 19.4. The summed E-state index contributed by atoms with van der Waals surface area (Å²) in [5.41, 5.74) is 10.1. The minimum absolute atomic E-state index is 0.184. The fourth-order valence-corrected chi connectivity index (χ4v) is 4.44. The van der Waals surface area contributed by atoms with Gasteiger partial charge in [0.15, 0.2) is 0 Å². The summed E-state index contributed by atoms with van der Waals surface area (Å²) in [6.45, 7) is 1.86. The van der Waals surface area contributed by atoms with Crippen molar-refractivity contribution in [2.45, 2.75) is 13.1 Å². The molecule has 3 aromatic heterocycles. The number of halogens is 3. The first kappa shape index (κ1) is 22.6. The highest BCUT2D eigenvalue weighted by atomic mass is 19.4. The van der Waals surface area contributed by atoms with Gasteiger partial charge in [0.2, 0.25) is 5.78 Å². The molecule has 0 saturated heterocycles. The maximum absolute atomic E-state index is 13.3. The summed E-state index contributed by atoms with van der Waals surface area (Å²) < 4.78 is 40.9. The lowest BCUT2D eigenvalue weighted by molar-refractivity contribution is -0.137. The quantitative estimate of drug-likeness (QED) is 0.257. The molecule has 0 spiro atoms. The Balaban J connectivity index is 1.33. The Bertz CT molecular complexity index is 1830. The Hall–Kier alpha value is -4.86. The van der Waals surface area contributed by atoms with Gasteiger partial charge in [-0.3, -0.25) is 4.79 Å². The van der Waals surface area contributed by atoms with Gasteiger partial charge in [0.25, 0.3) is 0 Å². The van der Waals surface area contributed by atoms with E-state index in [0.29, 0.717) is 28.0 Å². The van der Waals surface area contributed by atoms with E-state index in [1.54, 1.807) is 30.3 Å². The predicted molar refractivity (Wildman–Crippen MR) is 135 cm³/mol. The molecule has 6 aromatic rings. The van der Waals surface area contributed by atoms with Crippen molar-refractivity contribution in [3.05, 3.63) is 95.6 Å². The first-order chi connectivity index (χ1) is 17.7. The highest BCUT2D eigenvalue weighted by Crippen LogP contribution is 2.33. The van der Waals surface area contributed by atoms with Gasteiger partial charge < -0.3 is 15.7 Å². The van der Waals surface area contributed by atoms with Crippen molar-refractivity contribution in [1.29, 1.82) is 0 Å². The molecule has 0 fully saturated rings. The summed E-state index contributed by atoms with van der Waals surface area (Å²) in [6, 6.07) is 17.5. The van der Waals surface area contributed by atoms with Crippen LogP contribution in [-0.2, 0) is 6.18 Å². The molecule has 0 amide bonds. The zero-order valence-corrected chi connectivity index (χ0v) is 19.4. The van der Waals surface area contributed by atoms with Gasteiger partial charge in [-0.15, -0.1) is 0 Å². The number of nitrogens with two attached hydrogens (primary N) is 1. The molecular formula is C27H19F3N6O. The molecule has 184 valence electrons. The fraction of sp³-hybridized carbons (Fsp3) is 0.0741. The lowest BCUT2D eigenvalue weighted by Gasteiger charge is -2.09. The molecule has 3 heterocycles.